The zero-order valence-corrected chi connectivity index (χ0v) is 19.6. The molecule has 11 heteroatoms. The van der Waals surface area contributed by atoms with Crippen molar-refractivity contribution in [3.8, 4) is 0 Å². The third-order valence-corrected chi connectivity index (χ3v) is 6.47. The predicted molar refractivity (Wildman–Crippen MR) is 123 cm³/mol. The van der Waals surface area contributed by atoms with Crippen LogP contribution in [0.4, 0.5) is 13.2 Å². The molecule has 2 aliphatic rings. The summed E-state index contributed by atoms with van der Waals surface area (Å²) in [6, 6.07) is 6.67. The quantitative estimate of drug-likeness (QED) is 0.590. The summed E-state index contributed by atoms with van der Waals surface area (Å²) in [5.41, 5.74) is 5.92. The SMILES string of the molecule is CN(C)Cc1ccc([C@H](C2c3cc(C(N)=O)ccc3C(=O)N2C2CCC(=O)NC2=O)C(F)(F)F)cc1. The largest absolute Gasteiger partial charge is 0.398 e. The number of hydrogen-bond donors (Lipinski definition) is 2. The van der Waals surface area contributed by atoms with Crippen molar-refractivity contribution in [2.24, 2.45) is 5.73 Å². The molecule has 1 fully saturated rings. The molecule has 3 atom stereocenters. The minimum atomic E-state index is -4.82. The predicted octanol–water partition coefficient (Wildman–Crippen LogP) is 2.50. The number of piperidine rings is 1. The molecule has 2 unspecified atom stereocenters. The number of imide groups is 1. The molecular formula is C25H25F3N4O4. The van der Waals surface area contributed by atoms with Crippen LogP contribution in [0.1, 0.15) is 62.2 Å². The zero-order chi connectivity index (χ0) is 26.4. The number of amides is 4. The number of rotatable bonds is 6. The summed E-state index contributed by atoms with van der Waals surface area (Å²) < 4.78 is 44.3. The van der Waals surface area contributed by atoms with Gasteiger partial charge in [-0.05, 0) is 55.4 Å². The molecule has 4 rings (SSSR count). The normalized spacial score (nSPS) is 20.9. The van der Waals surface area contributed by atoms with E-state index in [2.05, 4.69) is 5.32 Å². The first-order valence-corrected chi connectivity index (χ1v) is 11.3. The van der Waals surface area contributed by atoms with Crippen molar-refractivity contribution in [1.82, 2.24) is 15.1 Å². The van der Waals surface area contributed by atoms with Gasteiger partial charge in [-0.2, -0.15) is 13.2 Å². The van der Waals surface area contributed by atoms with Gasteiger partial charge in [0.05, 0.1) is 6.04 Å². The monoisotopic (exact) mass is 502 g/mol. The Morgan fingerprint density at radius 1 is 1.14 bits per heavy atom. The standard InChI is InChI=1S/C25H25F3N4O4/c1-31(2)12-13-3-5-14(6-4-13)20(25(26,27)28)21-17-11-15(22(29)34)7-8-16(17)24(36)32(21)18-9-10-19(33)30-23(18)35/h3-8,11,18,20-21H,9-10,12H2,1-2H3,(H2,29,34)(H,30,33,35)/t18?,20-,21?/m1/s1. The number of nitrogens with two attached hydrogens (primary N) is 1. The molecule has 0 saturated carbocycles. The zero-order valence-electron chi connectivity index (χ0n) is 19.6. The summed E-state index contributed by atoms with van der Waals surface area (Å²) in [6.07, 6.45) is -5.06. The molecule has 2 aliphatic heterocycles. The van der Waals surface area contributed by atoms with Crippen LogP contribution in [0.3, 0.4) is 0 Å². The van der Waals surface area contributed by atoms with Crippen molar-refractivity contribution in [3.63, 3.8) is 0 Å². The minimum Gasteiger partial charge on any atom is -0.366 e. The molecule has 0 bridgehead atoms. The van der Waals surface area contributed by atoms with Gasteiger partial charge in [-0.3, -0.25) is 24.5 Å². The Kier molecular flexibility index (Phi) is 6.61. The number of nitrogens with zero attached hydrogens (tertiary/aromatic N) is 2. The van der Waals surface area contributed by atoms with Crippen molar-refractivity contribution in [2.45, 2.75) is 43.6 Å². The fourth-order valence-corrected chi connectivity index (χ4v) is 4.94. The average molecular weight is 502 g/mol. The second kappa shape index (κ2) is 9.38. The van der Waals surface area contributed by atoms with E-state index in [0.29, 0.717) is 6.54 Å². The molecule has 2 aromatic rings. The molecule has 3 N–H and O–H groups in total. The van der Waals surface area contributed by atoms with Gasteiger partial charge in [-0.25, -0.2) is 0 Å². The van der Waals surface area contributed by atoms with Crippen LogP contribution in [-0.2, 0) is 16.1 Å². The highest BCUT2D eigenvalue weighted by Gasteiger charge is 2.55. The highest BCUT2D eigenvalue weighted by molar-refractivity contribution is 6.06. The number of primary amides is 1. The van der Waals surface area contributed by atoms with Crippen LogP contribution in [0.25, 0.3) is 0 Å². The van der Waals surface area contributed by atoms with E-state index in [4.69, 9.17) is 5.73 Å². The van der Waals surface area contributed by atoms with E-state index in [1.54, 1.807) is 12.1 Å². The number of carbonyl (C=O) groups is 4. The van der Waals surface area contributed by atoms with Crippen molar-refractivity contribution >= 4 is 23.6 Å². The fraction of sp³-hybridized carbons (Fsp3) is 0.360. The molecule has 2 aromatic carbocycles. The first kappa shape index (κ1) is 25.4. The van der Waals surface area contributed by atoms with Crippen molar-refractivity contribution in [3.05, 3.63) is 70.3 Å². The second-order valence-corrected chi connectivity index (χ2v) is 9.29. The number of alkyl halides is 3. The van der Waals surface area contributed by atoms with Crippen LogP contribution in [0.2, 0.25) is 0 Å². The lowest BCUT2D eigenvalue weighted by Gasteiger charge is -2.39. The van der Waals surface area contributed by atoms with E-state index in [1.807, 2.05) is 19.0 Å². The Labute approximate surface area is 205 Å². The Bertz CT molecular complexity index is 1230. The minimum absolute atomic E-state index is 0.0410. The van der Waals surface area contributed by atoms with Gasteiger partial charge < -0.3 is 15.5 Å². The molecule has 1 saturated heterocycles. The molecule has 0 spiro atoms. The maximum absolute atomic E-state index is 14.8. The van der Waals surface area contributed by atoms with E-state index in [9.17, 15) is 32.3 Å². The highest BCUT2D eigenvalue weighted by Crippen LogP contribution is 2.52. The maximum Gasteiger partial charge on any atom is 0.398 e. The molecule has 0 aliphatic carbocycles. The molecule has 36 heavy (non-hydrogen) atoms. The van der Waals surface area contributed by atoms with Crippen molar-refractivity contribution in [2.75, 3.05) is 14.1 Å². The number of benzene rings is 2. The number of halogens is 3. The topological polar surface area (TPSA) is 113 Å². The lowest BCUT2D eigenvalue weighted by molar-refractivity contribution is -0.167. The van der Waals surface area contributed by atoms with Gasteiger partial charge in [0.25, 0.3) is 5.91 Å². The summed E-state index contributed by atoms with van der Waals surface area (Å²) in [7, 11) is 3.67. The van der Waals surface area contributed by atoms with E-state index in [-0.39, 0.29) is 35.1 Å². The average Bonchev–Trinajstić information content (AvgIpc) is 3.05. The fourth-order valence-electron chi connectivity index (χ4n) is 4.94. The summed E-state index contributed by atoms with van der Waals surface area (Å²) in [4.78, 5) is 52.4. The Balaban J connectivity index is 1.88. The Morgan fingerprint density at radius 2 is 1.81 bits per heavy atom. The van der Waals surface area contributed by atoms with E-state index in [1.165, 1.54) is 30.3 Å². The second-order valence-electron chi connectivity index (χ2n) is 9.29. The van der Waals surface area contributed by atoms with Crippen molar-refractivity contribution in [1.29, 1.82) is 0 Å². The molecule has 4 amide bonds. The lowest BCUT2D eigenvalue weighted by Crippen LogP contribution is -2.54. The summed E-state index contributed by atoms with van der Waals surface area (Å²) in [5, 5.41) is 2.12. The van der Waals surface area contributed by atoms with Gasteiger partial charge in [0.1, 0.15) is 12.0 Å². The van der Waals surface area contributed by atoms with Crippen LogP contribution in [-0.4, -0.2) is 59.7 Å². The highest BCUT2D eigenvalue weighted by atomic mass is 19.4. The Hall–Kier alpha value is -3.73. The van der Waals surface area contributed by atoms with Gasteiger partial charge in [0.2, 0.25) is 17.7 Å². The third kappa shape index (κ3) is 4.70. The lowest BCUT2D eigenvalue weighted by atomic mass is 9.84. The van der Waals surface area contributed by atoms with Crippen LogP contribution >= 0.6 is 0 Å². The molecule has 0 aromatic heterocycles. The Morgan fingerprint density at radius 3 is 2.36 bits per heavy atom. The number of fused-ring (bicyclic) bond motifs is 1. The van der Waals surface area contributed by atoms with Crippen LogP contribution < -0.4 is 11.1 Å². The molecule has 190 valence electrons. The molecular weight excluding hydrogens is 477 g/mol. The number of nitrogens with one attached hydrogen (secondary N) is 1. The molecule has 0 radical (unpaired) electrons. The van der Waals surface area contributed by atoms with Gasteiger partial charge >= 0.3 is 6.18 Å². The summed E-state index contributed by atoms with van der Waals surface area (Å²) >= 11 is 0. The van der Waals surface area contributed by atoms with Gasteiger partial charge in [0, 0.05) is 24.1 Å². The van der Waals surface area contributed by atoms with E-state index < -0.39 is 47.8 Å². The molecule has 2 heterocycles. The van der Waals surface area contributed by atoms with Crippen LogP contribution in [0.15, 0.2) is 42.5 Å². The smallest absolute Gasteiger partial charge is 0.366 e. The van der Waals surface area contributed by atoms with Crippen LogP contribution in [0, 0.1) is 0 Å². The summed E-state index contributed by atoms with van der Waals surface area (Å²) in [5.74, 6) is -5.24. The van der Waals surface area contributed by atoms with Crippen LogP contribution in [0.5, 0.6) is 0 Å². The number of hydrogen-bond acceptors (Lipinski definition) is 5. The maximum atomic E-state index is 14.8. The third-order valence-electron chi connectivity index (χ3n) is 6.47. The van der Waals surface area contributed by atoms with Gasteiger partial charge in [-0.1, -0.05) is 24.3 Å². The summed E-state index contributed by atoms with van der Waals surface area (Å²) in [6.45, 7) is 0.520. The van der Waals surface area contributed by atoms with Crippen molar-refractivity contribution < 1.29 is 32.3 Å². The van der Waals surface area contributed by atoms with Gasteiger partial charge in [0.15, 0.2) is 0 Å². The van der Waals surface area contributed by atoms with E-state index >= 15 is 0 Å². The van der Waals surface area contributed by atoms with Gasteiger partial charge in [-0.15, -0.1) is 0 Å². The number of carbonyl (C=O) groups excluding carboxylic acids is 4. The first-order valence-electron chi connectivity index (χ1n) is 11.3. The van der Waals surface area contributed by atoms with E-state index in [0.717, 1.165) is 10.5 Å². The molecule has 8 nitrogen and oxygen atoms in total. The first-order chi connectivity index (χ1) is 16.9.